The second kappa shape index (κ2) is 8.98. The molecule has 2 aliphatic carbocycles. The van der Waals surface area contributed by atoms with Crippen LogP contribution in [-0.2, 0) is 4.74 Å². The third-order valence-electron chi connectivity index (χ3n) is 6.06. The van der Waals surface area contributed by atoms with Gasteiger partial charge < -0.3 is 4.74 Å². The first-order valence-electron chi connectivity index (χ1n) is 9.49. The van der Waals surface area contributed by atoms with Crippen molar-refractivity contribution in [3.63, 3.8) is 0 Å². The molecule has 122 valence electrons. The fraction of sp³-hybridized carbons (Fsp3) is 0.900. The van der Waals surface area contributed by atoms with Gasteiger partial charge in [-0.05, 0) is 82.5 Å². The van der Waals surface area contributed by atoms with Crippen LogP contribution in [0.4, 0.5) is 0 Å². The lowest BCUT2D eigenvalue weighted by Gasteiger charge is -2.38. The Labute approximate surface area is 132 Å². The van der Waals surface area contributed by atoms with Gasteiger partial charge in [-0.3, -0.25) is 0 Å². The predicted molar refractivity (Wildman–Crippen MR) is 91.5 cm³/mol. The third kappa shape index (κ3) is 5.43. The van der Waals surface area contributed by atoms with Gasteiger partial charge in [-0.15, -0.1) is 6.58 Å². The highest BCUT2D eigenvalue weighted by Gasteiger charge is 2.31. The summed E-state index contributed by atoms with van der Waals surface area (Å²) >= 11 is 0. The molecule has 2 aliphatic rings. The van der Waals surface area contributed by atoms with Gasteiger partial charge in [-0.2, -0.15) is 0 Å². The highest BCUT2D eigenvalue weighted by atomic mass is 16.5. The summed E-state index contributed by atoms with van der Waals surface area (Å²) in [5.74, 6) is 3.01. The molecule has 1 heteroatoms. The largest absolute Gasteiger partial charge is 0.375 e. The van der Waals surface area contributed by atoms with E-state index in [2.05, 4.69) is 26.5 Å². The molecule has 0 aromatic heterocycles. The highest BCUT2D eigenvalue weighted by molar-refractivity contribution is 4.83. The van der Waals surface area contributed by atoms with E-state index in [4.69, 9.17) is 4.74 Å². The molecule has 0 amide bonds. The zero-order chi connectivity index (χ0) is 15.1. The summed E-state index contributed by atoms with van der Waals surface area (Å²) in [7, 11) is 0. The fourth-order valence-corrected chi connectivity index (χ4v) is 4.42. The van der Waals surface area contributed by atoms with Crippen LogP contribution < -0.4 is 0 Å². The van der Waals surface area contributed by atoms with Crippen molar-refractivity contribution in [2.45, 2.75) is 96.7 Å². The number of hydrogen-bond donors (Lipinski definition) is 0. The highest BCUT2D eigenvalue weighted by Crippen LogP contribution is 2.41. The summed E-state index contributed by atoms with van der Waals surface area (Å²) in [6.07, 6.45) is 18.2. The maximum absolute atomic E-state index is 6.13. The van der Waals surface area contributed by atoms with Gasteiger partial charge in [-0.25, -0.2) is 0 Å². The summed E-state index contributed by atoms with van der Waals surface area (Å²) in [6.45, 7) is 8.30. The van der Waals surface area contributed by atoms with Gasteiger partial charge >= 0.3 is 0 Å². The lowest BCUT2D eigenvalue weighted by Crippen LogP contribution is -2.30. The van der Waals surface area contributed by atoms with Crippen molar-refractivity contribution in [2.75, 3.05) is 0 Å². The van der Waals surface area contributed by atoms with Crippen LogP contribution in [0.5, 0.6) is 0 Å². The Morgan fingerprint density at radius 3 is 2.10 bits per heavy atom. The molecule has 0 spiro atoms. The van der Waals surface area contributed by atoms with Gasteiger partial charge in [-0.1, -0.05) is 25.8 Å². The maximum Gasteiger partial charge on any atom is 0.0579 e. The van der Waals surface area contributed by atoms with Crippen molar-refractivity contribution in [2.24, 2.45) is 17.8 Å². The van der Waals surface area contributed by atoms with Crippen LogP contribution in [0.3, 0.4) is 0 Å². The lowest BCUT2D eigenvalue weighted by molar-refractivity contribution is -0.0356. The predicted octanol–water partition coefficient (Wildman–Crippen LogP) is 6.13. The molecule has 1 atom stereocenters. The molecule has 2 rings (SSSR count). The number of rotatable bonds is 7. The van der Waals surface area contributed by atoms with E-state index in [9.17, 15) is 0 Å². The fourth-order valence-electron chi connectivity index (χ4n) is 4.42. The van der Waals surface area contributed by atoms with Gasteiger partial charge in [0.2, 0.25) is 0 Å². The number of ether oxygens (including phenoxy) is 1. The lowest BCUT2D eigenvalue weighted by atomic mass is 9.70. The monoisotopic (exact) mass is 292 g/mol. The standard InChI is InChI=1S/C20H36O/c1-4-6-7-17-8-10-18(11-9-17)19-12-14-20(15-13-19)21-16(3)5-2/h4,16-20H,1,5-15H2,2-3H3. The average Bonchev–Trinajstić information content (AvgIpc) is 2.54. The molecule has 0 aliphatic heterocycles. The Morgan fingerprint density at radius 1 is 1.00 bits per heavy atom. The molecule has 21 heavy (non-hydrogen) atoms. The second-order valence-electron chi connectivity index (χ2n) is 7.54. The maximum atomic E-state index is 6.13. The first-order chi connectivity index (χ1) is 10.2. The molecule has 0 aromatic rings. The minimum absolute atomic E-state index is 0.451. The Bertz CT molecular complexity index is 282. The van der Waals surface area contributed by atoms with Gasteiger partial charge in [0, 0.05) is 0 Å². The van der Waals surface area contributed by atoms with Crippen LogP contribution in [0.1, 0.15) is 84.5 Å². The molecule has 0 bridgehead atoms. The van der Waals surface area contributed by atoms with Crippen molar-refractivity contribution in [1.82, 2.24) is 0 Å². The second-order valence-corrected chi connectivity index (χ2v) is 7.54. The molecule has 0 heterocycles. The van der Waals surface area contributed by atoms with E-state index in [0.717, 1.165) is 24.2 Å². The SMILES string of the molecule is C=CCCC1CCC(C2CCC(OC(C)CC)CC2)CC1. The van der Waals surface area contributed by atoms with Gasteiger partial charge in [0.05, 0.1) is 12.2 Å². The van der Waals surface area contributed by atoms with Gasteiger partial charge in [0.1, 0.15) is 0 Å². The number of allylic oxidation sites excluding steroid dienone is 1. The van der Waals surface area contributed by atoms with Crippen LogP contribution in [0.15, 0.2) is 12.7 Å². The Morgan fingerprint density at radius 2 is 1.57 bits per heavy atom. The summed E-state index contributed by atoms with van der Waals surface area (Å²) in [4.78, 5) is 0. The van der Waals surface area contributed by atoms with Crippen molar-refractivity contribution >= 4 is 0 Å². The van der Waals surface area contributed by atoms with Crippen LogP contribution in [0, 0.1) is 17.8 Å². The number of hydrogen-bond acceptors (Lipinski definition) is 1. The van der Waals surface area contributed by atoms with Crippen molar-refractivity contribution in [3.8, 4) is 0 Å². The summed E-state index contributed by atoms with van der Waals surface area (Å²) in [6, 6.07) is 0. The summed E-state index contributed by atoms with van der Waals surface area (Å²) in [5, 5.41) is 0. The van der Waals surface area contributed by atoms with Crippen molar-refractivity contribution in [3.05, 3.63) is 12.7 Å². The van der Waals surface area contributed by atoms with Crippen LogP contribution in [0.2, 0.25) is 0 Å². The average molecular weight is 293 g/mol. The molecule has 2 saturated carbocycles. The Hall–Kier alpha value is -0.300. The van der Waals surface area contributed by atoms with Crippen LogP contribution >= 0.6 is 0 Å². The Kier molecular flexibility index (Phi) is 7.29. The summed E-state index contributed by atoms with van der Waals surface area (Å²) < 4.78 is 6.13. The van der Waals surface area contributed by atoms with E-state index >= 15 is 0 Å². The van der Waals surface area contributed by atoms with E-state index in [0.29, 0.717) is 12.2 Å². The zero-order valence-corrected chi connectivity index (χ0v) is 14.4. The van der Waals surface area contributed by atoms with E-state index < -0.39 is 0 Å². The van der Waals surface area contributed by atoms with Gasteiger partial charge in [0.25, 0.3) is 0 Å². The molecule has 0 aromatic carbocycles. The van der Waals surface area contributed by atoms with Crippen LogP contribution in [0.25, 0.3) is 0 Å². The van der Waals surface area contributed by atoms with E-state index in [1.54, 1.807) is 0 Å². The van der Waals surface area contributed by atoms with Crippen LogP contribution in [-0.4, -0.2) is 12.2 Å². The van der Waals surface area contributed by atoms with E-state index in [1.807, 2.05) is 0 Å². The van der Waals surface area contributed by atoms with Crippen molar-refractivity contribution in [1.29, 1.82) is 0 Å². The minimum atomic E-state index is 0.451. The molecule has 0 saturated heterocycles. The zero-order valence-electron chi connectivity index (χ0n) is 14.4. The van der Waals surface area contributed by atoms with Crippen molar-refractivity contribution < 1.29 is 4.74 Å². The molecule has 1 nitrogen and oxygen atoms in total. The van der Waals surface area contributed by atoms with Gasteiger partial charge in [0.15, 0.2) is 0 Å². The first kappa shape index (κ1) is 17.1. The van der Waals surface area contributed by atoms with E-state index in [1.165, 1.54) is 64.2 Å². The molecular weight excluding hydrogens is 256 g/mol. The summed E-state index contributed by atoms with van der Waals surface area (Å²) in [5.41, 5.74) is 0. The Balaban J connectivity index is 1.65. The minimum Gasteiger partial charge on any atom is -0.375 e. The first-order valence-corrected chi connectivity index (χ1v) is 9.49. The quantitative estimate of drug-likeness (QED) is 0.513. The smallest absolute Gasteiger partial charge is 0.0579 e. The molecule has 2 fully saturated rings. The van der Waals surface area contributed by atoms with E-state index in [-0.39, 0.29) is 0 Å². The topological polar surface area (TPSA) is 9.23 Å². The normalized spacial score (nSPS) is 35.3. The molecule has 1 unspecified atom stereocenters. The molecule has 0 N–H and O–H groups in total. The molecule has 0 radical (unpaired) electrons. The third-order valence-corrected chi connectivity index (χ3v) is 6.06. The molecular formula is C20H36O.